The van der Waals surface area contributed by atoms with Crippen LogP contribution in [0.1, 0.15) is 30.7 Å². The molecule has 0 radical (unpaired) electrons. The van der Waals surface area contributed by atoms with Crippen LogP contribution in [0.3, 0.4) is 0 Å². The van der Waals surface area contributed by atoms with Crippen LogP contribution in [-0.4, -0.2) is 20.3 Å². The molecule has 2 aromatic heterocycles. The first-order valence-electron chi connectivity index (χ1n) is 8.19. The summed E-state index contributed by atoms with van der Waals surface area (Å²) in [7, 11) is 0. The van der Waals surface area contributed by atoms with Gasteiger partial charge in [-0.05, 0) is 31.0 Å². The molecule has 0 atom stereocenters. The van der Waals surface area contributed by atoms with Gasteiger partial charge in [0.15, 0.2) is 5.78 Å². The molecule has 0 bridgehead atoms. The first-order valence-corrected chi connectivity index (χ1v) is 9.07. The van der Waals surface area contributed by atoms with E-state index in [4.69, 9.17) is 0 Å². The molecule has 1 aliphatic rings. The zero-order valence-corrected chi connectivity index (χ0v) is 14.3. The van der Waals surface area contributed by atoms with Crippen LogP contribution >= 0.6 is 11.3 Å². The summed E-state index contributed by atoms with van der Waals surface area (Å²) in [4.78, 5) is 34.5. The second-order valence-electron chi connectivity index (χ2n) is 6.35. The van der Waals surface area contributed by atoms with E-state index >= 15 is 0 Å². The first-order chi connectivity index (χ1) is 12.1. The molecule has 5 nitrogen and oxygen atoms in total. The van der Waals surface area contributed by atoms with Gasteiger partial charge < -0.3 is 0 Å². The van der Waals surface area contributed by atoms with E-state index in [1.54, 1.807) is 6.20 Å². The number of thiazole rings is 1. The highest BCUT2D eigenvalue weighted by Gasteiger charge is 2.43. The molecule has 4 rings (SSSR count). The Morgan fingerprint density at radius 3 is 2.80 bits per heavy atom. The van der Waals surface area contributed by atoms with Crippen molar-refractivity contribution in [1.29, 1.82) is 0 Å². The van der Waals surface area contributed by atoms with Crippen molar-refractivity contribution in [1.82, 2.24) is 14.5 Å². The maximum absolute atomic E-state index is 13.6. The number of hydrogen-bond donors (Lipinski definition) is 0. The third kappa shape index (κ3) is 2.68. The summed E-state index contributed by atoms with van der Waals surface area (Å²) < 4.78 is 15.0. The molecular weight excluding hydrogens is 341 g/mol. The minimum absolute atomic E-state index is 0.0281. The van der Waals surface area contributed by atoms with E-state index in [0.29, 0.717) is 18.4 Å². The van der Waals surface area contributed by atoms with Crippen molar-refractivity contribution in [3.05, 3.63) is 57.3 Å². The van der Waals surface area contributed by atoms with Crippen molar-refractivity contribution in [2.75, 3.05) is 0 Å². The van der Waals surface area contributed by atoms with Gasteiger partial charge in [0.1, 0.15) is 11.4 Å². The van der Waals surface area contributed by atoms with Crippen LogP contribution in [0.15, 0.2) is 40.9 Å². The molecule has 1 saturated carbocycles. The summed E-state index contributed by atoms with van der Waals surface area (Å²) >= 11 is 1.43. The fraction of sp³-hybridized carbons (Fsp3) is 0.333. The number of fused-ring (bicyclic) bond motifs is 1. The molecule has 0 aliphatic heterocycles. The predicted octanol–water partition coefficient (Wildman–Crippen LogP) is 3.07. The molecule has 0 N–H and O–H groups in total. The number of carbonyl (C=O) groups excluding carboxylic acids is 1. The van der Waals surface area contributed by atoms with Gasteiger partial charge in [0.25, 0.3) is 5.56 Å². The van der Waals surface area contributed by atoms with Crippen LogP contribution in [0, 0.1) is 5.82 Å². The lowest BCUT2D eigenvalue weighted by molar-refractivity contribution is -0.127. The van der Waals surface area contributed by atoms with Crippen molar-refractivity contribution in [2.24, 2.45) is 0 Å². The second kappa shape index (κ2) is 6.15. The number of aromatic nitrogens is 3. The summed E-state index contributed by atoms with van der Waals surface area (Å²) in [5.41, 5.74) is -0.835. The number of halogens is 1. The summed E-state index contributed by atoms with van der Waals surface area (Å²) in [6, 6.07) is 3.95. The SMILES string of the molecule is O=C(Cc1nccs1)C1(n2cnc3ccc(F)cc3c2=O)CCCC1. The molecule has 0 unspecified atom stereocenters. The number of benzene rings is 1. The lowest BCUT2D eigenvalue weighted by atomic mass is 9.89. The van der Waals surface area contributed by atoms with Crippen molar-refractivity contribution >= 4 is 28.0 Å². The molecule has 128 valence electrons. The monoisotopic (exact) mass is 357 g/mol. The number of Topliss-reactive ketones (excluding diaryl/α,β-unsaturated/α-hetero) is 1. The van der Waals surface area contributed by atoms with Gasteiger partial charge in [0, 0.05) is 11.6 Å². The molecule has 0 spiro atoms. The van der Waals surface area contributed by atoms with Crippen LogP contribution in [0.5, 0.6) is 0 Å². The van der Waals surface area contributed by atoms with Crippen LogP contribution < -0.4 is 5.56 Å². The predicted molar refractivity (Wildman–Crippen MR) is 93.2 cm³/mol. The Morgan fingerprint density at radius 1 is 1.28 bits per heavy atom. The highest BCUT2D eigenvalue weighted by atomic mass is 32.1. The van der Waals surface area contributed by atoms with Crippen molar-refractivity contribution in [3.63, 3.8) is 0 Å². The Kier molecular flexibility index (Phi) is 3.95. The Morgan fingerprint density at radius 2 is 2.08 bits per heavy atom. The van der Waals surface area contributed by atoms with Gasteiger partial charge in [0.2, 0.25) is 0 Å². The number of hydrogen-bond acceptors (Lipinski definition) is 5. The minimum atomic E-state index is -0.906. The molecule has 25 heavy (non-hydrogen) atoms. The van der Waals surface area contributed by atoms with Crippen LogP contribution in [-0.2, 0) is 16.8 Å². The fourth-order valence-corrected chi connectivity index (χ4v) is 4.27. The van der Waals surface area contributed by atoms with Gasteiger partial charge in [-0.25, -0.2) is 14.4 Å². The van der Waals surface area contributed by atoms with Crippen molar-refractivity contribution in [2.45, 2.75) is 37.6 Å². The molecule has 2 heterocycles. The van der Waals surface area contributed by atoms with Crippen molar-refractivity contribution in [3.8, 4) is 0 Å². The molecular formula is C18H16FN3O2S. The van der Waals surface area contributed by atoms with Crippen LogP contribution in [0.2, 0.25) is 0 Å². The number of nitrogens with zero attached hydrogens (tertiary/aromatic N) is 3. The van der Waals surface area contributed by atoms with E-state index < -0.39 is 11.4 Å². The van der Waals surface area contributed by atoms with Crippen LogP contribution in [0.4, 0.5) is 4.39 Å². The largest absolute Gasteiger partial charge is 0.297 e. The number of rotatable bonds is 4. The van der Waals surface area contributed by atoms with E-state index in [0.717, 1.165) is 17.8 Å². The first kappa shape index (κ1) is 16.1. The molecule has 1 fully saturated rings. The topological polar surface area (TPSA) is 64.8 Å². The standard InChI is InChI=1S/C18H16FN3O2S/c19-12-3-4-14-13(9-12)17(24)22(11-21-14)18(5-1-2-6-18)15(23)10-16-20-7-8-25-16/h3-4,7-9,11H,1-2,5-6,10H2. The van der Waals surface area contributed by atoms with E-state index in [1.165, 1.54) is 40.4 Å². The minimum Gasteiger partial charge on any atom is -0.297 e. The second-order valence-corrected chi connectivity index (χ2v) is 7.32. The lowest BCUT2D eigenvalue weighted by Gasteiger charge is -2.29. The molecule has 7 heteroatoms. The average Bonchev–Trinajstić information content (AvgIpc) is 3.28. The maximum atomic E-state index is 13.6. The summed E-state index contributed by atoms with van der Waals surface area (Å²) in [6.45, 7) is 0. The molecule has 1 aliphatic carbocycles. The lowest BCUT2D eigenvalue weighted by Crippen LogP contribution is -2.46. The highest BCUT2D eigenvalue weighted by Crippen LogP contribution is 2.37. The summed E-state index contributed by atoms with van der Waals surface area (Å²) in [5.74, 6) is -0.515. The highest BCUT2D eigenvalue weighted by molar-refractivity contribution is 7.09. The molecule has 1 aromatic carbocycles. The van der Waals surface area contributed by atoms with E-state index in [-0.39, 0.29) is 23.1 Å². The summed E-state index contributed by atoms with van der Waals surface area (Å²) in [6.07, 6.45) is 6.24. The van der Waals surface area contributed by atoms with Crippen LogP contribution in [0.25, 0.3) is 10.9 Å². The molecule has 0 amide bonds. The Balaban J connectivity index is 1.83. The third-order valence-electron chi connectivity index (χ3n) is 4.93. The number of carbonyl (C=O) groups is 1. The Labute approximate surface area is 147 Å². The maximum Gasteiger partial charge on any atom is 0.262 e. The van der Waals surface area contributed by atoms with Gasteiger partial charge in [0.05, 0.1) is 28.7 Å². The number of ketones is 1. The van der Waals surface area contributed by atoms with Gasteiger partial charge in [-0.3, -0.25) is 14.2 Å². The van der Waals surface area contributed by atoms with E-state index in [2.05, 4.69) is 9.97 Å². The Hall–Kier alpha value is -2.41. The average molecular weight is 357 g/mol. The zero-order chi connectivity index (χ0) is 17.4. The van der Waals surface area contributed by atoms with Gasteiger partial charge >= 0.3 is 0 Å². The molecule has 3 aromatic rings. The quantitative estimate of drug-likeness (QED) is 0.720. The van der Waals surface area contributed by atoms with Gasteiger partial charge in [-0.2, -0.15) is 0 Å². The fourth-order valence-electron chi connectivity index (χ4n) is 3.66. The van der Waals surface area contributed by atoms with E-state index in [9.17, 15) is 14.0 Å². The van der Waals surface area contributed by atoms with Gasteiger partial charge in [-0.1, -0.05) is 12.8 Å². The normalized spacial score (nSPS) is 16.4. The third-order valence-corrected chi connectivity index (χ3v) is 5.71. The van der Waals surface area contributed by atoms with Crippen molar-refractivity contribution < 1.29 is 9.18 Å². The molecule has 0 saturated heterocycles. The Bertz CT molecular complexity index is 991. The van der Waals surface area contributed by atoms with Gasteiger partial charge in [-0.15, -0.1) is 11.3 Å². The smallest absolute Gasteiger partial charge is 0.262 e. The van der Waals surface area contributed by atoms with E-state index in [1.807, 2.05) is 5.38 Å². The zero-order valence-electron chi connectivity index (χ0n) is 13.4. The summed E-state index contributed by atoms with van der Waals surface area (Å²) in [5, 5.41) is 2.77.